The van der Waals surface area contributed by atoms with Crippen LogP contribution in [-0.2, 0) is 4.74 Å². The molecular weight excluding hydrogens is 336 g/mol. The van der Waals surface area contributed by atoms with Crippen LogP contribution in [-0.4, -0.2) is 34.8 Å². The van der Waals surface area contributed by atoms with E-state index in [9.17, 15) is 0 Å². The molecule has 1 atom stereocenters. The summed E-state index contributed by atoms with van der Waals surface area (Å²) in [5.74, 6) is 1.47. The van der Waals surface area contributed by atoms with Crippen molar-refractivity contribution in [2.75, 3.05) is 13.7 Å². The monoisotopic (exact) mass is 354 g/mol. The lowest BCUT2D eigenvalue weighted by molar-refractivity contribution is 0.102. The highest BCUT2D eigenvalue weighted by atomic mass is 32.1. The first-order valence-electron chi connectivity index (χ1n) is 8.17. The molecule has 1 N–H and O–H groups in total. The van der Waals surface area contributed by atoms with Gasteiger partial charge in [0.15, 0.2) is 5.82 Å². The van der Waals surface area contributed by atoms with Crippen molar-refractivity contribution in [1.82, 2.24) is 14.9 Å². The molecular formula is C18H18N4O2S. The predicted molar refractivity (Wildman–Crippen MR) is 98.8 cm³/mol. The van der Waals surface area contributed by atoms with Crippen LogP contribution >= 0.6 is 12.2 Å². The maximum atomic E-state index is 5.71. The third-order valence-corrected chi connectivity index (χ3v) is 4.61. The number of rotatable bonds is 4. The molecule has 3 aromatic rings. The minimum Gasteiger partial charge on any atom is -0.496 e. The van der Waals surface area contributed by atoms with Gasteiger partial charge in [-0.3, -0.25) is 5.10 Å². The lowest BCUT2D eigenvalue weighted by Crippen LogP contribution is -2.05. The summed E-state index contributed by atoms with van der Waals surface area (Å²) in [5.41, 5.74) is 0.905. The third-order valence-electron chi connectivity index (χ3n) is 4.35. The van der Waals surface area contributed by atoms with E-state index in [1.807, 2.05) is 24.3 Å². The van der Waals surface area contributed by atoms with E-state index in [1.54, 1.807) is 18.0 Å². The van der Waals surface area contributed by atoms with Crippen LogP contribution in [0.2, 0.25) is 0 Å². The molecule has 1 unspecified atom stereocenters. The molecule has 7 heteroatoms. The molecule has 0 radical (unpaired) electrons. The highest BCUT2D eigenvalue weighted by molar-refractivity contribution is 7.71. The first kappa shape index (κ1) is 16.0. The van der Waals surface area contributed by atoms with Crippen LogP contribution < -0.4 is 4.74 Å². The van der Waals surface area contributed by atoms with Gasteiger partial charge in [-0.25, -0.2) is 0 Å². The van der Waals surface area contributed by atoms with Crippen LogP contribution in [0.25, 0.3) is 10.8 Å². The summed E-state index contributed by atoms with van der Waals surface area (Å²) in [6.45, 7) is 0.741. The highest BCUT2D eigenvalue weighted by Gasteiger charge is 2.23. The number of methoxy groups -OCH3 is 1. The molecule has 2 aromatic carbocycles. The Bertz CT molecular complexity index is 986. The van der Waals surface area contributed by atoms with Gasteiger partial charge in [-0.1, -0.05) is 30.3 Å². The van der Waals surface area contributed by atoms with Crippen LogP contribution in [0.5, 0.6) is 5.75 Å². The zero-order valence-corrected chi connectivity index (χ0v) is 14.6. The SMILES string of the molecule is COc1ccc2ccccc2c1/C=N\n1c(C2CCCO2)n[nH]c1=S. The van der Waals surface area contributed by atoms with Crippen molar-refractivity contribution >= 4 is 29.2 Å². The van der Waals surface area contributed by atoms with Crippen molar-refractivity contribution in [1.29, 1.82) is 0 Å². The number of nitrogens with zero attached hydrogens (tertiary/aromatic N) is 3. The van der Waals surface area contributed by atoms with Gasteiger partial charge in [0.1, 0.15) is 11.9 Å². The lowest BCUT2D eigenvalue weighted by Gasteiger charge is -2.10. The van der Waals surface area contributed by atoms with Crippen molar-refractivity contribution in [2.45, 2.75) is 18.9 Å². The molecule has 4 rings (SSSR count). The zero-order valence-electron chi connectivity index (χ0n) is 13.8. The average Bonchev–Trinajstić information content (AvgIpc) is 3.29. The van der Waals surface area contributed by atoms with Crippen LogP contribution in [0.15, 0.2) is 41.5 Å². The van der Waals surface area contributed by atoms with Gasteiger partial charge in [0.05, 0.1) is 13.3 Å². The number of aromatic nitrogens is 3. The van der Waals surface area contributed by atoms with E-state index in [0.29, 0.717) is 10.6 Å². The summed E-state index contributed by atoms with van der Waals surface area (Å²) in [7, 11) is 1.66. The van der Waals surface area contributed by atoms with Gasteiger partial charge < -0.3 is 9.47 Å². The fourth-order valence-corrected chi connectivity index (χ4v) is 3.29. The topological polar surface area (TPSA) is 64.4 Å². The predicted octanol–water partition coefficient (Wildman–Crippen LogP) is 3.84. The Morgan fingerprint density at radius 3 is 3.04 bits per heavy atom. The van der Waals surface area contributed by atoms with E-state index < -0.39 is 0 Å². The van der Waals surface area contributed by atoms with Crippen molar-refractivity contribution in [2.24, 2.45) is 5.10 Å². The van der Waals surface area contributed by atoms with Gasteiger partial charge in [-0.05, 0) is 41.9 Å². The van der Waals surface area contributed by atoms with Crippen LogP contribution in [0, 0.1) is 4.77 Å². The van der Waals surface area contributed by atoms with Gasteiger partial charge in [0.25, 0.3) is 0 Å². The van der Waals surface area contributed by atoms with Gasteiger partial charge >= 0.3 is 0 Å². The normalized spacial score (nSPS) is 17.6. The largest absolute Gasteiger partial charge is 0.496 e. The summed E-state index contributed by atoms with van der Waals surface area (Å²) >= 11 is 5.33. The van der Waals surface area contributed by atoms with E-state index in [1.165, 1.54) is 0 Å². The highest BCUT2D eigenvalue weighted by Crippen LogP contribution is 2.28. The molecule has 1 aromatic heterocycles. The Labute approximate surface area is 150 Å². The van der Waals surface area contributed by atoms with E-state index >= 15 is 0 Å². The molecule has 0 amide bonds. The van der Waals surface area contributed by atoms with Crippen molar-refractivity contribution in [3.63, 3.8) is 0 Å². The van der Waals surface area contributed by atoms with Gasteiger partial charge in [-0.2, -0.15) is 14.9 Å². The molecule has 1 fully saturated rings. The Kier molecular flexibility index (Phi) is 4.33. The molecule has 1 saturated heterocycles. The Balaban J connectivity index is 1.79. The van der Waals surface area contributed by atoms with Crippen molar-refractivity contribution < 1.29 is 9.47 Å². The molecule has 6 nitrogen and oxygen atoms in total. The molecule has 2 heterocycles. The molecule has 25 heavy (non-hydrogen) atoms. The number of nitrogens with one attached hydrogen (secondary N) is 1. The number of ether oxygens (including phenoxy) is 2. The Hall–Kier alpha value is -2.51. The standard InChI is InChI=1S/C18H18N4O2S/c1-23-15-9-8-12-5-2-3-6-13(12)14(15)11-19-22-17(20-21-18(22)25)16-7-4-10-24-16/h2-3,5-6,8-9,11,16H,4,7,10H2,1H3,(H,21,25)/b19-11-. The van der Waals surface area contributed by atoms with E-state index in [4.69, 9.17) is 21.7 Å². The number of aromatic amines is 1. The molecule has 0 aliphatic carbocycles. The quantitative estimate of drug-likeness (QED) is 0.571. The Morgan fingerprint density at radius 2 is 2.24 bits per heavy atom. The van der Waals surface area contributed by atoms with Crippen LogP contribution in [0.4, 0.5) is 0 Å². The minimum absolute atomic E-state index is 0.0699. The fraction of sp³-hybridized carbons (Fsp3) is 0.278. The number of H-pyrrole nitrogens is 1. The first-order valence-corrected chi connectivity index (χ1v) is 8.58. The molecule has 1 aliphatic heterocycles. The van der Waals surface area contributed by atoms with Crippen LogP contribution in [0.1, 0.15) is 30.3 Å². The number of hydrogen-bond donors (Lipinski definition) is 1. The summed E-state index contributed by atoms with van der Waals surface area (Å²) in [4.78, 5) is 0. The van der Waals surface area contributed by atoms with Crippen LogP contribution in [0.3, 0.4) is 0 Å². The molecule has 0 spiro atoms. The second kappa shape index (κ2) is 6.78. The number of benzene rings is 2. The molecule has 0 saturated carbocycles. The van der Waals surface area contributed by atoms with Crippen molar-refractivity contribution in [3.8, 4) is 5.75 Å². The smallest absolute Gasteiger partial charge is 0.216 e. The second-order valence-corrected chi connectivity index (χ2v) is 6.23. The van der Waals surface area contributed by atoms with Crippen molar-refractivity contribution in [3.05, 3.63) is 52.6 Å². The minimum atomic E-state index is -0.0699. The maximum absolute atomic E-state index is 5.71. The van der Waals surface area contributed by atoms with E-state index in [-0.39, 0.29) is 6.10 Å². The fourth-order valence-electron chi connectivity index (χ4n) is 3.11. The molecule has 0 bridgehead atoms. The first-order chi connectivity index (χ1) is 12.3. The average molecular weight is 354 g/mol. The van der Waals surface area contributed by atoms with E-state index in [0.717, 1.165) is 41.5 Å². The third kappa shape index (κ3) is 2.96. The van der Waals surface area contributed by atoms with Gasteiger partial charge in [0.2, 0.25) is 4.77 Å². The van der Waals surface area contributed by atoms with Gasteiger partial charge in [-0.15, -0.1) is 0 Å². The number of fused-ring (bicyclic) bond motifs is 1. The van der Waals surface area contributed by atoms with Gasteiger partial charge in [0, 0.05) is 12.2 Å². The molecule has 128 valence electrons. The Morgan fingerprint density at radius 1 is 1.36 bits per heavy atom. The van der Waals surface area contributed by atoms with E-state index in [2.05, 4.69) is 27.4 Å². The summed E-state index contributed by atoms with van der Waals surface area (Å²) in [6.07, 6.45) is 3.64. The maximum Gasteiger partial charge on any atom is 0.216 e. The lowest BCUT2D eigenvalue weighted by atomic mass is 10.0. The number of hydrogen-bond acceptors (Lipinski definition) is 5. The summed E-state index contributed by atoms with van der Waals surface area (Å²) < 4.78 is 13.3. The second-order valence-electron chi connectivity index (χ2n) is 5.85. The summed E-state index contributed by atoms with van der Waals surface area (Å²) in [6, 6.07) is 12.1. The molecule has 1 aliphatic rings. The summed E-state index contributed by atoms with van der Waals surface area (Å²) in [5, 5.41) is 13.9. The zero-order chi connectivity index (χ0) is 17.2.